The van der Waals surface area contributed by atoms with E-state index in [0.29, 0.717) is 13.0 Å². The molecular formula is C21H28N4O3. The second-order valence-electron chi connectivity index (χ2n) is 6.59. The minimum absolute atomic E-state index is 0.262. The van der Waals surface area contributed by atoms with Gasteiger partial charge in [-0.15, -0.1) is 0 Å². The molecule has 0 saturated heterocycles. The molecule has 1 unspecified atom stereocenters. The van der Waals surface area contributed by atoms with Crippen LogP contribution in [0.15, 0.2) is 54.6 Å². The number of carbonyl (C=O) groups is 2. The van der Waals surface area contributed by atoms with Crippen LogP contribution in [0.4, 0.5) is 10.5 Å². The minimum Gasteiger partial charge on any atom is -0.378 e. The lowest BCUT2D eigenvalue weighted by molar-refractivity contribution is -0.136. The molecule has 3 N–H and O–H groups in total. The van der Waals surface area contributed by atoms with E-state index in [1.165, 1.54) is 0 Å². The normalized spacial score (nSPS) is 11.4. The van der Waals surface area contributed by atoms with Crippen LogP contribution < -0.4 is 21.0 Å². The number of urea groups is 1. The van der Waals surface area contributed by atoms with Gasteiger partial charge in [-0.1, -0.05) is 49.4 Å². The first-order valence-electron chi connectivity index (χ1n) is 9.25. The summed E-state index contributed by atoms with van der Waals surface area (Å²) >= 11 is 0. The SMILES string of the molecule is CCC(NC(=O)NCc1ccc(N(C)C)cc1)C(=O)NOCc1ccccc1. The van der Waals surface area contributed by atoms with E-state index < -0.39 is 12.1 Å². The van der Waals surface area contributed by atoms with E-state index in [0.717, 1.165) is 16.8 Å². The maximum Gasteiger partial charge on any atom is 0.315 e. The van der Waals surface area contributed by atoms with Crippen LogP contribution in [-0.2, 0) is 22.8 Å². The van der Waals surface area contributed by atoms with Gasteiger partial charge in [0.15, 0.2) is 0 Å². The summed E-state index contributed by atoms with van der Waals surface area (Å²) in [5, 5.41) is 5.43. The average Bonchev–Trinajstić information content (AvgIpc) is 2.71. The number of carbonyl (C=O) groups excluding carboxylic acids is 2. The van der Waals surface area contributed by atoms with Crippen molar-refractivity contribution in [2.75, 3.05) is 19.0 Å². The zero-order valence-electron chi connectivity index (χ0n) is 16.6. The largest absolute Gasteiger partial charge is 0.378 e. The van der Waals surface area contributed by atoms with Crippen LogP contribution in [0.25, 0.3) is 0 Å². The van der Waals surface area contributed by atoms with E-state index in [1.54, 1.807) is 0 Å². The predicted molar refractivity (Wildman–Crippen MR) is 110 cm³/mol. The van der Waals surface area contributed by atoms with E-state index >= 15 is 0 Å². The molecule has 7 heteroatoms. The number of nitrogens with zero attached hydrogens (tertiary/aromatic N) is 1. The number of rotatable bonds is 9. The van der Waals surface area contributed by atoms with E-state index in [-0.39, 0.29) is 12.5 Å². The van der Waals surface area contributed by atoms with Crippen molar-refractivity contribution >= 4 is 17.6 Å². The maximum absolute atomic E-state index is 12.2. The topological polar surface area (TPSA) is 82.7 Å². The van der Waals surface area contributed by atoms with Crippen LogP contribution in [-0.4, -0.2) is 32.1 Å². The fourth-order valence-corrected chi connectivity index (χ4v) is 2.49. The Morgan fingerprint density at radius 2 is 1.68 bits per heavy atom. The lowest BCUT2D eigenvalue weighted by atomic mass is 10.2. The second-order valence-corrected chi connectivity index (χ2v) is 6.59. The Hall–Kier alpha value is -3.06. The minimum atomic E-state index is -0.674. The molecule has 150 valence electrons. The number of hydrogen-bond acceptors (Lipinski definition) is 4. The van der Waals surface area contributed by atoms with Crippen molar-refractivity contribution in [1.29, 1.82) is 0 Å². The quantitative estimate of drug-likeness (QED) is 0.581. The first-order valence-corrected chi connectivity index (χ1v) is 9.25. The van der Waals surface area contributed by atoms with E-state index in [9.17, 15) is 9.59 Å². The van der Waals surface area contributed by atoms with Crippen molar-refractivity contribution in [2.45, 2.75) is 32.5 Å². The highest BCUT2D eigenvalue weighted by atomic mass is 16.6. The number of benzene rings is 2. The van der Waals surface area contributed by atoms with Gasteiger partial charge in [-0.2, -0.15) is 0 Å². The summed E-state index contributed by atoms with van der Waals surface area (Å²) in [5.41, 5.74) is 5.40. The molecule has 0 fully saturated rings. The Morgan fingerprint density at radius 3 is 2.29 bits per heavy atom. The smallest absolute Gasteiger partial charge is 0.315 e. The number of nitrogens with one attached hydrogen (secondary N) is 3. The summed E-state index contributed by atoms with van der Waals surface area (Å²) < 4.78 is 0. The van der Waals surface area contributed by atoms with Crippen molar-refractivity contribution in [3.05, 3.63) is 65.7 Å². The summed E-state index contributed by atoms with van der Waals surface area (Å²) in [6.45, 7) is 2.46. The Labute approximate surface area is 166 Å². The van der Waals surface area contributed by atoms with Gasteiger partial charge in [-0.05, 0) is 29.7 Å². The molecule has 0 aliphatic carbocycles. The number of hydrogen-bond donors (Lipinski definition) is 3. The van der Waals surface area contributed by atoms with Crippen molar-refractivity contribution in [1.82, 2.24) is 16.1 Å². The Kier molecular flexibility index (Phi) is 8.30. The average molecular weight is 384 g/mol. The molecule has 0 aliphatic heterocycles. The van der Waals surface area contributed by atoms with Crippen LogP contribution in [0.5, 0.6) is 0 Å². The summed E-state index contributed by atoms with van der Waals surface area (Å²) in [5.74, 6) is -0.385. The summed E-state index contributed by atoms with van der Waals surface area (Å²) in [6, 6.07) is 16.3. The lowest BCUT2D eigenvalue weighted by Crippen LogP contribution is -2.49. The standard InChI is InChI=1S/C21H28N4O3/c1-4-19(20(26)24-28-15-17-8-6-5-7-9-17)23-21(27)22-14-16-10-12-18(13-11-16)25(2)3/h5-13,19H,4,14-15H2,1-3H3,(H,24,26)(H2,22,23,27). The molecular weight excluding hydrogens is 356 g/mol. The molecule has 0 saturated carbocycles. The van der Waals surface area contributed by atoms with Gasteiger partial charge in [0.2, 0.25) is 0 Å². The van der Waals surface area contributed by atoms with Crippen LogP contribution in [0.1, 0.15) is 24.5 Å². The molecule has 1 atom stereocenters. The lowest BCUT2D eigenvalue weighted by Gasteiger charge is -2.17. The van der Waals surface area contributed by atoms with E-state index in [2.05, 4.69) is 16.1 Å². The summed E-state index contributed by atoms with van der Waals surface area (Å²) in [6.07, 6.45) is 0.450. The maximum atomic E-state index is 12.2. The first kappa shape index (κ1) is 21.2. The molecule has 7 nitrogen and oxygen atoms in total. The first-order chi connectivity index (χ1) is 13.5. The molecule has 3 amide bonds. The van der Waals surface area contributed by atoms with Crippen molar-refractivity contribution in [3.63, 3.8) is 0 Å². The number of amides is 3. The molecule has 0 aromatic heterocycles. The van der Waals surface area contributed by atoms with Gasteiger partial charge >= 0.3 is 6.03 Å². The van der Waals surface area contributed by atoms with Crippen molar-refractivity contribution in [2.24, 2.45) is 0 Å². The highest BCUT2D eigenvalue weighted by Crippen LogP contribution is 2.11. The predicted octanol–water partition coefficient (Wildman–Crippen LogP) is 2.58. The third-order valence-corrected chi connectivity index (χ3v) is 4.19. The van der Waals surface area contributed by atoms with Gasteiger partial charge in [0.25, 0.3) is 5.91 Å². The van der Waals surface area contributed by atoms with Gasteiger partial charge in [0.1, 0.15) is 6.04 Å². The number of hydroxylamine groups is 1. The van der Waals surface area contributed by atoms with Gasteiger partial charge in [-0.3, -0.25) is 9.63 Å². The Morgan fingerprint density at radius 1 is 1.00 bits per heavy atom. The molecule has 0 spiro atoms. The molecule has 0 radical (unpaired) electrons. The van der Waals surface area contributed by atoms with Crippen LogP contribution >= 0.6 is 0 Å². The van der Waals surface area contributed by atoms with Crippen molar-refractivity contribution in [3.8, 4) is 0 Å². The van der Waals surface area contributed by atoms with Gasteiger partial charge in [-0.25, -0.2) is 10.3 Å². The van der Waals surface area contributed by atoms with E-state index in [4.69, 9.17) is 4.84 Å². The van der Waals surface area contributed by atoms with Crippen LogP contribution in [0.2, 0.25) is 0 Å². The van der Waals surface area contributed by atoms with Crippen LogP contribution in [0.3, 0.4) is 0 Å². The van der Waals surface area contributed by atoms with Crippen molar-refractivity contribution < 1.29 is 14.4 Å². The number of anilines is 1. The summed E-state index contributed by atoms with van der Waals surface area (Å²) in [7, 11) is 3.94. The van der Waals surface area contributed by atoms with Crippen LogP contribution in [0, 0.1) is 0 Å². The second kappa shape index (κ2) is 10.9. The third-order valence-electron chi connectivity index (χ3n) is 4.19. The third kappa shape index (κ3) is 6.92. The van der Waals surface area contributed by atoms with Gasteiger partial charge in [0, 0.05) is 26.3 Å². The molecule has 0 aliphatic rings. The van der Waals surface area contributed by atoms with E-state index in [1.807, 2.05) is 80.5 Å². The molecule has 2 aromatic carbocycles. The van der Waals surface area contributed by atoms with Gasteiger partial charge < -0.3 is 15.5 Å². The monoisotopic (exact) mass is 384 g/mol. The Bertz CT molecular complexity index is 748. The molecule has 0 heterocycles. The zero-order valence-corrected chi connectivity index (χ0v) is 16.6. The molecule has 2 aromatic rings. The fraction of sp³-hybridized carbons (Fsp3) is 0.333. The molecule has 0 bridgehead atoms. The molecule has 2 rings (SSSR count). The summed E-state index contributed by atoms with van der Waals surface area (Å²) in [4.78, 5) is 31.5. The highest BCUT2D eigenvalue weighted by molar-refractivity contribution is 5.86. The molecule has 28 heavy (non-hydrogen) atoms. The van der Waals surface area contributed by atoms with Gasteiger partial charge in [0.05, 0.1) is 6.61 Å². The zero-order chi connectivity index (χ0) is 20.4. The highest BCUT2D eigenvalue weighted by Gasteiger charge is 2.18. The Balaban J connectivity index is 1.74. The fourth-order valence-electron chi connectivity index (χ4n) is 2.49.